The zero-order valence-electron chi connectivity index (χ0n) is 10.9. The molecule has 20 heavy (non-hydrogen) atoms. The second kappa shape index (κ2) is 5.02. The molecule has 3 rings (SSSR count). The summed E-state index contributed by atoms with van der Waals surface area (Å²) in [5.41, 5.74) is 8.10. The smallest absolute Gasteiger partial charge is 0.350 e. The summed E-state index contributed by atoms with van der Waals surface area (Å²) < 4.78 is 15.6. The number of halogens is 1. The molecule has 0 atom stereocenters. The van der Waals surface area contributed by atoms with Crippen LogP contribution in [0.4, 0.5) is 9.52 Å². The van der Waals surface area contributed by atoms with Crippen LogP contribution in [0.5, 0.6) is 0 Å². The minimum Gasteiger partial charge on any atom is -0.351 e. The SMILES string of the molecule is Cc1ccc(-[n+]2sc(N)nc2-c2ccccc2)cc1F. The Balaban J connectivity index is 2.17. The van der Waals surface area contributed by atoms with Crippen molar-refractivity contribution in [2.24, 2.45) is 0 Å². The lowest BCUT2D eigenvalue weighted by Gasteiger charge is -2.00. The van der Waals surface area contributed by atoms with Crippen molar-refractivity contribution in [3.63, 3.8) is 0 Å². The quantitative estimate of drug-likeness (QED) is 0.736. The number of hydrogen-bond acceptors (Lipinski definition) is 3. The van der Waals surface area contributed by atoms with Crippen LogP contribution < -0.4 is 9.69 Å². The van der Waals surface area contributed by atoms with Crippen LogP contribution in [0.25, 0.3) is 17.1 Å². The van der Waals surface area contributed by atoms with Gasteiger partial charge in [0.2, 0.25) is 0 Å². The van der Waals surface area contributed by atoms with Gasteiger partial charge in [0.15, 0.2) is 0 Å². The fourth-order valence-corrected chi connectivity index (χ4v) is 2.73. The van der Waals surface area contributed by atoms with E-state index in [1.807, 2.05) is 40.4 Å². The first-order chi connectivity index (χ1) is 9.65. The van der Waals surface area contributed by atoms with E-state index in [9.17, 15) is 4.39 Å². The minimum atomic E-state index is -0.235. The summed E-state index contributed by atoms with van der Waals surface area (Å²) in [5.74, 6) is 0.484. The van der Waals surface area contributed by atoms with Gasteiger partial charge in [-0.25, -0.2) is 4.39 Å². The standard InChI is InChI=1S/C15H12FN3S/c1-10-7-8-12(9-13(10)16)19-14(18-15(17)20-19)11-5-3-2-4-6-11/h2-9,17H,1H3/p+1. The molecule has 0 aliphatic heterocycles. The normalized spacial score (nSPS) is 10.7. The van der Waals surface area contributed by atoms with Gasteiger partial charge in [-0.2, -0.15) is 0 Å². The summed E-state index contributed by atoms with van der Waals surface area (Å²) >= 11 is 1.29. The fraction of sp³-hybridized carbons (Fsp3) is 0.0667. The van der Waals surface area contributed by atoms with Crippen LogP contribution in [0.1, 0.15) is 5.56 Å². The number of hydrogen-bond donors (Lipinski definition) is 1. The molecule has 0 aliphatic rings. The molecule has 1 heterocycles. The predicted molar refractivity (Wildman–Crippen MR) is 78.2 cm³/mol. The summed E-state index contributed by atoms with van der Waals surface area (Å²) in [6.45, 7) is 1.74. The van der Waals surface area contributed by atoms with Crippen LogP contribution in [0.2, 0.25) is 0 Å². The highest BCUT2D eigenvalue weighted by Crippen LogP contribution is 2.20. The van der Waals surface area contributed by atoms with Gasteiger partial charge in [-0.05, 0) is 35.7 Å². The molecule has 0 fully saturated rings. The van der Waals surface area contributed by atoms with Gasteiger partial charge in [-0.3, -0.25) is 0 Å². The van der Waals surface area contributed by atoms with Crippen molar-refractivity contribution in [2.45, 2.75) is 6.92 Å². The molecule has 0 spiro atoms. The summed E-state index contributed by atoms with van der Waals surface area (Å²) in [5, 5.41) is 0.449. The van der Waals surface area contributed by atoms with E-state index in [1.54, 1.807) is 13.0 Å². The first kappa shape index (κ1) is 12.7. The van der Waals surface area contributed by atoms with Gasteiger partial charge in [-0.1, -0.05) is 24.3 Å². The Morgan fingerprint density at radius 3 is 2.60 bits per heavy atom. The van der Waals surface area contributed by atoms with Crippen molar-refractivity contribution in [3.05, 3.63) is 59.9 Å². The summed E-state index contributed by atoms with van der Waals surface area (Å²) in [6, 6.07) is 14.8. The van der Waals surface area contributed by atoms with E-state index in [0.29, 0.717) is 10.7 Å². The van der Waals surface area contributed by atoms with Crippen molar-refractivity contribution >= 4 is 16.7 Å². The van der Waals surface area contributed by atoms with Gasteiger partial charge in [0.25, 0.3) is 0 Å². The largest absolute Gasteiger partial charge is 0.351 e. The van der Waals surface area contributed by atoms with Crippen molar-refractivity contribution in [1.29, 1.82) is 0 Å². The number of aromatic nitrogens is 2. The van der Waals surface area contributed by atoms with Crippen LogP contribution in [0.15, 0.2) is 48.5 Å². The molecule has 0 unspecified atom stereocenters. The highest BCUT2D eigenvalue weighted by Gasteiger charge is 2.23. The second-order valence-corrected chi connectivity index (χ2v) is 5.42. The summed E-state index contributed by atoms with van der Waals surface area (Å²) in [6.07, 6.45) is 0. The molecule has 2 aromatic carbocycles. The predicted octanol–water partition coefficient (Wildman–Crippen LogP) is 3.12. The van der Waals surface area contributed by atoms with Crippen molar-refractivity contribution in [3.8, 4) is 17.1 Å². The van der Waals surface area contributed by atoms with Gasteiger partial charge < -0.3 is 5.73 Å². The van der Waals surface area contributed by atoms with Crippen molar-refractivity contribution < 1.29 is 8.35 Å². The molecule has 0 bridgehead atoms. The number of anilines is 1. The Bertz CT molecular complexity index is 753. The first-order valence-electron chi connectivity index (χ1n) is 6.16. The van der Waals surface area contributed by atoms with E-state index in [2.05, 4.69) is 4.98 Å². The molecule has 0 amide bonds. The third-order valence-corrected chi connectivity index (χ3v) is 3.86. The van der Waals surface area contributed by atoms with E-state index in [1.165, 1.54) is 17.6 Å². The van der Waals surface area contributed by atoms with Crippen molar-refractivity contribution in [1.82, 2.24) is 4.98 Å². The molecule has 100 valence electrons. The maximum absolute atomic E-state index is 13.7. The molecule has 5 heteroatoms. The third kappa shape index (κ3) is 2.28. The molecule has 0 saturated carbocycles. The Labute approximate surface area is 120 Å². The number of nitrogens with zero attached hydrogens (tertiary/aromatic N) is 2. The molecule has 2 N–H and O–H groups in total. The maximum atomic E-state index is 13.7. The van der Waals surface area contributed by atoms with E-state index in [4.69, 9.17) is 5.73 Å². The van der Waals surface area contributed by atoms with Crippen LogP contribution in [0.3, 0.4) is 0 Å². The average molecular weight is 286 g/mol. The van der Waals surface area contributed by atoms with E-state index >= 15 is 0 Å². The van der Waals surface area contributed by atoms with E-state index < -0.39 is 0 Å². The number of benzene rings is 2. The van der Waals surface area contributed by atoms with E-state index in [-0.39, 0.29) is 5.82 Å². The van der Waals surface area contributed by atoms with Crippen LogP contribution in [-0.2, 0) is 0 Å². The van der Waals surface area contributed by atoms with Gasteiger partial charge in [-0.15, -0.1) is 3.96 Å². The molecule has 0 aliphatic carbocycles. The van der Waals surface area contributed by atoms with Crippen molar-refractivity contribution in [2.75, 3.05) is 5.73 Å². The number of nitrogen functional groups attached to an aromatic ring is 1. The van der Waals surface area contributed by atoms with Gasteiger partial charge >= 0.3 is 11.0 Å². The van der Waals surface area contributed by atoms with Gasteiger partial charge in [0.1, 0.15) is 23.0 Å². The molecular formula is C15H13FN3S+. The number of nitrogens with two attached hydrogens (primary N) is 1. The topological polar surface area (TPSA) is 42.8 Å². The fourth-order valence-electron chi connectivity index (χ4n) is 1.96. The second-order valence-electron chi connectivity index (χ2n) is 4.46. The van der Waals surface area contributed by atoms with Crippen LogP contribution >= 0.6 is 11.5 Å². The monoisotopic (exact) mass is 286 g/mol. The van der Waals surface area contributed by atoms with Gasteiger partial charge in [0.05, 0.1) is 5.56 Å². The molecular weight excluding hydrogens is 273 g/mol. The lowest BCUT2D eigenvalue weighted by molar-refractivity contribution is -0.510. The molecule has 1 aromatic heterocycles. The first-order valence-corrected chi connectivity index (χ1v) is 6.93. The third-order valence-electron chi connectivity index (χ3n) is 3.02. The lowest BCUT2D eigenvalue weighted by atomic mass is 10.2. The Morgan fingerprint density at radius 1 is 1.15 bits per heavy atom. The Kier molecular flexibility index (Phi) is 3.20. The maximum Gasteiger partial charge on any atom is 0.350 e. The lowest BCUT2D eigenvalue weighted by Crippen LogP contribution is -2.28. The van der Waals surface area contributed by atoms with Gasteiger partial charge in [0, 0.05) is 6.07 Å². The molecule has 3 aromatic rings. The van der Waals surface area contributed by atoms with E-state index in [0.717, 1.165) is 17.1 Å². The zero-order chi connectivity index (χ0) is 14.1. The molecule has 3 nitrogen and oxygen atoms in total. The number of rotatable bonds is 2. The summed E-state index contributed by atoms with van der Waals surface area (Å²) in [4.78, 5) is 4.35. The zero-order valence-corrected chi connectivity index (χ0v) is 11.7. The minimum absolute atomic E-state index is 0.235. The number of aryl methyl sites for hydroxylation is 1. The van der Waals surface area contributed by atoms with Crippen LogP contribution in [-0.4, -0.2) is 4.98 Å². The Hall–Kier alpha value is -2.27. The molecule has 0 saturated heterocycles. The highest BCUT2D eigenvalue weighted by atomic mass is 32.1. The summed E-state index contributed by atoms with van der Waals surface area (Å²) in [7, 11) is 0. The molecule has 0 radical (unpaired) electrons. The Morgan fingerprint density at radius 2 is 1.90 bits per heavy atom. The average Bonchev–Trinajstić information content (AvgIpc) is 2.85. The highest BCUT2D eigenvalue weighted by molar-refractivity contribution is 7.05. The van der Waals surface area contributed by atoms with Crippen LogP contribution in [0, 0.1) is 12.7 Å².